The fraction of sp³-hybridized carbons (Fsp3) is 0.556. The van der Waals surface area contributed by atoms with Gasteiger partial charge in [0.25, 0.3) is 0 Å². The SMILES string of the molecule is CCOC(=O)/C=C/CCCC=O. The summed E-state index contributed by atoms with van der Waals surface area (Å²) in [5, 5.41) is 0. The fourth-order valence-electron chi connectivity index (χ4n) is 0.689. The van der Waals surface area contributed by atoms with Gasteiger partial charge in [0, 0.05) is 12.5 Å². The second-order valence-corrected chi connectivity index (χ2v) is 2.25. The van der Waals surface area contributed by atoms with Gasteiger partial charge in [-0.3, -0.25) is 0 Å². The van der Waals surface area contributed by atoms with E-state index in [9.17, 15) is 9.59 Å². The molecule has 0 aromatic carbocycles. The highest BCUT2D eigenvalue weighted by atomic mass is 16.5. The van der Waals surface area contributed by atoms with Crippen molar-refractivity contribution in [2.75, 3.05) is 6.61 Å². The van der Waals surface area contributed by atoms with Crippen LogP contribution >= 0.6 is 0 Å². The lowest BCUT2D eigenvalue weighted by molar-refractivity contribution is -0.137. The number of esters is 1. The summed E-state index contributed by atoms with van der Waals surface area (Å²) in [5.74, 6) is -0.316. The van der Waals surface area contributed by atoms with Gasteiger partial charge in [0.05, 0.1) is 6.61 Å². The first-order valence-corrected chi connectivity index (χ1v) is 4.08. The van der Waals surface area contributed by atoms with Crippen LogP contribution in [0, 0.1) is 0 Å². The highest BCUT2D eigenvalue weighted by Gasteiger charge is 1.91. The summed E-state index contributed by atoms with van der Waals surface area (Å²) in [6.45, 7) is 2.16. The predicted octanol–water partition coefficient (Wildman–Crippen LogP) is 1.47. The maximum atomic E-state index is 10.7. The predicted molar refractivity (Wildman–Crippen MR) is 45.7 cm³/mol. The summed E-state index contributed by atoms with van der Waals surface area (Å²) < 4.78 is 4.65. The Labute approximate surface area is 72.4 Å². The van der Waals surface area contributed by atoms with Crippen LogP contribution in [0.2, 0.25) is 0 Å². The van der Waals surface area contributed by atoms with Crippen LogP contribution in [0.3, 0.4) is 0 Å². The molecular formula is C9H14O3. The van der Waals surface area contributed by atoms with Crippen molar-refractivity contribution in [2.45, 2.75) is 26.2 Å². The molecule has 68 valence electrons. The van der Waals surface area contributed by atoms with Crippen LogP contribution in [0.15, 0.2) is 12.2 Å². The first kappa shape index (κ1) is 10.9. The molecule has 0 spiro atoms. The Morgan fingerprint density at radius 3 is 2.75 bits per heavy atom. The van der Waals surface area contributed by atoms with Crippen LogP contribution in [0.1, 0.15) is 26.2 Å². The highest BCUT2D eigenvalue weighted by Crippen LogP contribution is 1.94. The Morgan fingerprint density at radius 2 is 2.17 bits per heavy atom. The smallest absolute Gasteiger partial charge is 0.330 e. The van der Waals surface area contributed by atoms with Crippen molar-refractivity contribution >= 4 is 12.3 Å². The highest BCUT2D eigenvalue weighted by molar-refractivity contribution is 5.81. The van der Waals surface area contributed by atoms with Crippen molar-refractivity contribution in [1.29, 1.82) is 0 Å². The van der Waals surface area contributed by atoms with Crippen molar-refractivity contribution in [1.82, 2.24) is 0 Å². The molecule has 0 aliphatic rings. The molecule has 0 aliphatic carbocycles. The molecule has 0 atom stereocenters. The van der Waals surface area contributed by atoms with Crippen LogP contribution in [-0.2, 0) is 14.3 Å². The lowest BCUT2D eigenvalue weighted by Crippen LogP contribution is -1.98. The minimum Gasteiger partial charge on any atom is -0.463 e. The van der Waals surface area contributed by atoms with E-state index in [4.69, 9.17) is 0 Å². The molecule has 0 N–H and O–H groups in total. The van der Waals surface area contributed by atoms with Gasteiger partial charge in [0.15, 0.2) is 0 Å². The van der Waals surface area contributed by atoms with Gasteiger partial charge in [-0.05, 0) is 19.8 Å². The third-order valence-corrected chi connectivity index (χ3v) is 1.23. The van der Waals surface area contributed by atoms with Gasteiger partial charge in [-0.2, -0.15) is 0 Å². The summed E-state index contributed by atoms with van der Waals surface area (Å²) in [6, 6.07) is 0. The lowest BCUT2D eigenvalue weighted by Gasteiger charge is -1.93. The summed E-state index contributed by atoms with van der Waals surface area (Å²) in [6.07, 6.45) is 6.08. The third kappa shape index (κ3) is 6.99. The molecule has 3 heteroatoms. The number of aldehydes is 1. The zero-order valence-electron chi connectivity index (χ0n) is 7.29. The number of hydrogen-bond donors (Lipinski definition) is 0. The van der Waals surface area contributed by atoms with Gasteiger partial charge in [-0.1, -0.05) is 6.08 Å². The van der Waals surface area contributed by atoms with Gasteiger partial charge >= 0.3 is 5.97 Å². The molecule has 0 aromatic rings. The summed E-state index contributed by atoms with van der Waals surface area (Å²) in [5.41, 5.74) is 0. The standard InChI is InChI=1S/C9H14O3/c1-2-12-9(11)7-5-3-4-6-8-10/h5,7-8H,2-4,6H2,1H3/b7-5+. The molecule has 0 amide bonds. The minimum atomic E-state index is -0.316. The molecule has 12 heavy (non-hydrogen) atoms. The van der Waals surface area contributed by atoms with Gasteiger partial charge in [0.1, 0.15) is 6.29 Å². The van der Waals surface area contributed by atoms with Gasteiger partial charge < -0.3 is 9.53 Å². The molecule has 0 radical (unpaired) electrons. The van der Waals surface area contributed by atoms with E-state index >= 15 is 0 Å². The Balaban J connectivity index is 3.34. The van der Waals surface area contributed by atoms with Gasteiger partial charge in [-0.25, -0.2) is 4.79 Å². The van der Waals surface area contributed by atoms with Gasteiger partial charge in [0.2, 0.25) is 0 Å². The van der Waals surface area contributed by atoms with Crippen LogP contribution in [-0.4, -0.2) is 18.9 Å². The quantitative estimate of drug-likeness (QED) is 0.262. The first-order chi connectivity index (χ1) is 5.81. The summed E-state index contributed by atoms with van der Waals surface area (Å²) in [7, 11) is 0. The average Bonchev–Trinajstić information content (AvgIpc) is 2.05. The van der Waals surface area contributed by atoms with E-state index in [-0.39, 0.29) is 5.97 Å². The van der Waals surface area contributed by atoms with Gasteiger partial charge in [-0.15, -0.1) is 0 Å². The molecule has 0 fully saturated rings. The number of hydrogen-bond acceptors (Lipinski definition) is 3. The summed E-state index contributed by atoms with van der Waals surface area (Å²) in [4.78, 5) is 20.6. The largest absolute Gasteiger partial charge is 0.463 e. The van der Waals surface area contributed by atoms with E-state index in [1.165, 1.54) is 6.08 Å². The van der Waals surface area contributed by atoms with Crippen molar-refractivity contribution < 1.29 is 14.3 Å². The summed E-state index contributed by atoms with van der Waals surface area (Å²) >= 11 is 0. The number of unbranched alkanes of at least 4 members (excludes halogenated alkanes) is 2. The maximum absolute atomic E-state index is 10.7. The molecule has 0 unspecified atom stereocenters. The Morgan fingerprint density at radius 1 is 1.42 bits per heavy atom. The van der Waals surface area contributed by atoms with E-state index in [1.54, 1.807) is 13.0 Å². The number of rotatable bonds is 6. The van der Waals surface area contributed by atoms with Crippen LogP contribution in [0.25, 0.3) is 0 Å². The Bertz CT molecular complexity index is 161. The van der Waals surface area contributed by atoms with E-state index in [0.717, 1.165) is 19.1 Å². The van der Waals surface area contributed by atoms with E-state index in [1.807, 2.05) is 0 Å². The van der Waals surface area contributed by atoms with Crippen LogP contribution in [0.4, 0.5) is 0 Å². The average molecular weight is 170 g/mol. The topological polar surface area (TPSA) is 43.4 Å². The monoisotopic (exact) mass is 170 g/mol. The molecule has 0 saturated carbocycles. The second-order valence-electron chi connectivity index (χ2n) is 2.25. The van der Waals surface area contributed by atoms with Crippen molar-refractivity contribution in [3.8, 4) is 0 Å². The molecule has 0 bridgehead atoms. The number of carbonyl (C=O) groups is 2. The van der Waals surface area contributed by atoms with E-state index in [0.29, 0.717) is 13.0 Å². The molecular weight excluding hydrogens is 156 g/mol. The minimum absolute atomic E-state index is 0.316. The molecule has 0 saturated heterocycles. The maximum Gasteiger partial charge on any atom is 0.330 e. The molecule has 0 aromatic heterocycles. The molecule has 0 aliphatic heterocycles. The fourth-order valence-corrected chi connectivity index (χ4v) is 0.689. The molecule has 0 rings (SSSR count). The van der Waals surface area contributed by atoms with Crippen LogP contribution < -0.4 is 0 Å². The Kier molecular flexibility index (Phi) is 7.24. The van der Waals surface area contributed by atoms with E-state index in [2.05, 4.69) is 4.74 Å². The lowest BCUT2D eigenvalue weighted by atomic mass is 10.2. The zero-order valence-corrected chi connectivity index (χ0v) is 7.29. The number of allylic oxidation sites excluding steroid dienone is 1. The first-order valence-electron chi connectivity index (χ1n) is 4.08. The molecule has 3 nitrogen and oxygen atoms in total. The van der Waals surface area contributed by atoms with E-state index < -0.39 is 0 Å². The second kappa shape index (κ2) is 7.98. The molecule has 0 heterocycles. The zero-order chi connectivity index (χ0) is 9.23. The number of carbonyl (C=O) groups excluding carboxylic acids is 2. The van der Waals surface area contributed by atoms with Crippen LogP contribution in [0.5, 0.6) is 0 Å². The number of ether oxygens (including phenoxy) is 1. The Hall–Kier alpha value is -1.12. The van der Waals surface area contributed by atoms with Crippen molar-refractivity contribution in [3.05, 3.63) is 12.2 Å². The van der Waals surface area contributed by atoms with Crippen molar-refractivity contribution in [2.24, 2.45) is 0 Å². The normalized spacial score (nSPS) is 10.1. The third-order valence-electron chi connectivity index (χ3n) is 1.23. The van der Waals surface area contributed by atoms with Crippen molar-refractivity contribution in [3.63, 3.8) is 0 Å².